The molecule has 0 atom stereocenters. The van der Waals surface area contributed by atoms with E-state index >= 15 is 0 Å². The number of aromatic nitrogens is 2. The Morgan fingerprint density at radius 1 is 1.42 bits per heavy atom. The van der Waals surface area contributed by atoms with Crippen LogP contribution in [0.15, 0.2) is 28.9 Å². The van der Waals surface area contributed by atoms with Gasteiger partial charge in [-0.3, -0.25) is 0 Å². The maximum absolute atomic E-state index is 13.9. The van der Waals surface area contributed by atoms with Gasteiger partial charge in [0.05, 0.1) is 12.2 Å². The highest BCUT2D eigenvalue weighted by Gasteiger charge is 2.09. The van der Waals surface area contributed by atoms with Gasteiger partial charge in [-0.25, -0.2) is 9.37 Å². The van der Waals surface area contributed by atoms with E-state index in [-0.39, 0.29) is 5.82 Å². The van der Waals surface area contributed by atoms with Gasteiger partial charge in [-0.05, 0) is 25.6 Å². The molecule has 0 aliphatic heterocycles. The zero-order chi connectivity index (χ0) is 13.8. The minimum atomic E-state index is -0.197. The lowest BCUT2D eigenvalue weighted by molar-refractivity contribution is 0.584. The first-order valence-electron chi connectivity index (χ1n) is 6.27. The SMILES string of the molecule is CCNCc1cnc(C)n1Cc1ccc(Br)cc1F. The predicted molar refractivity (Wildman–Crippen MR) is 77.5 cm³/mol. The average Bonchev–Trinajstić information content (AvgIpc) is 2.71. The summed E-state index contributed by atoms with van der Waals surface area (Å²) in [6.07, 6.45) is 1.84. The number of hydrogen-bond donors (Lipinski definition) is 1. The molecule has 0 amide bonds. The maximum atomic E-state index is 13.9. The van der Waals surface area contributed by atoms with Crippen LogP contribution >= 0.6 is 15.9 Å². The molecule has 19 heavy (non-hydrogen) atoms. The van der Waals surface area contributed by atoms with Gasteiger partial charge in [0.15, 0.2) is 0 Å². The van der Waals surface area contributed by atoms with Crippen LogP contribution < -0.4 is 5.32 Å². The minimum absolute atomic E-state index is 0.197. The second-order valence-electron chi connectivity index (χ2n) is 4.40. The molecule has 0 unspecified atom stereocenters. The number of nitrogens with one attached hydrogen (secondary N) is 1. The number of aryl methyl sites for hydroxylation is 1. The molecule has 2 aromatic rings. The Morgan fingerprint density at radius 2 is 2.21 bits per heavy atom. The quantitative estimate of drug-likeness (QED) is 0.914. The zero-order valence-corrected chi connectivity index (χ0v) is 12.7. The van der Waals surface area contributed by atoms with Crippen molar-refractivity contribution in [3.05, 3.63) is 51.8 Å². The zero-order valence-electron chi connectivity index (χ0n) is 11.1. The molecule has 0 spiro atoms. The standard InChI is InChI=1S/C14H17BrFN3/c1-3-17-7-13-8-18-10(2)19(13)9-11-4-5-12(15)6-14(11)16/h4-6,8,17H,3,7,9H2,1-2H3. The summed E-state index contributed by atoms with van der Waals surface area (Å²) in [5.41, 5.74) is 1.74. The third-order valence-corrected chi connectivity index (χ3v) is 3.53. The van der Waals surface area contributed by atoms with E-state index in [1.54, 1.807) is 6.07 Å². The number of nitrogens with zero attached hydrogens (tertiary/aromatic N) is 2. The van der Waals surface area contributed by atoms with Crippen molar-refractivity contribution in [1.82, 2.24) is 14.9 Å². The van der Waals surface area contributed by atoms with Gasteiger partial charge < -0.3 is 9.88 Å². The first kappa shape index (κ1) is 14.2. The fourth-order valence-corrected chi connectivity index (χ4v) is 2.28. The summed E-state index contributed by atoms with van der Waals surface area (Å²) in [5.74, 6) is 0.701. The number of halogens is 2. The van der Waals surface area contributed by atoms with E-state index in [2.05, 4.69) is 33.2 Å². The van der Waals surface area contributed by atoms with E-state index in [9.17, 15) is 4.39 Å². The first-order chi connectivity index (χ1) is 9.11. The molecule has 2 rings (SSSR count). The molecular weight excluding hydrogens is 309 g/mol. The van der Waals surface area contributed by atoms with Crippen LogP contribution in [0, 0.1) is 12.7 Å². The van der Waals surface area contributed by atoms with Gasteiger partial charge in [0, 0.05) is 22.8 Å². The summed E-state index contributed by atoms with van der Waals surface area (Å²) >= 11 is 3.27. The molecule has 1 heterocycles. The summed E-state index contributed by atoms with van der Waals surface area (Å²) in [7, 11) is 0. The summed E-state index contributed by atoms with van der Waals surface area (Å²) in [6, 6.07) is 5.15. The lowest BCUT2D eigenvalue weighted by atomic mass is 10.2. The Balaban J connectivity index is 2.24. The third kappa shape index (κ3) is 3.42. The van der Waals surface area contributed by atoms with Crippen molar-refractivity contribution < 1.29 is 4.39 Å². The van der Waals surface area contributed by atoms with Crippen LogP contribution in [0.2, 0.25) is 0 Å². The molecule has 0 saturated carbocycles. The number of rotatable bonds is 5. The highest BCUT2D eigenvalue weighted by molar-refractivity contribution is 9.10. The fourth-order valence-electron chi connectivity index (χ4n) is 1.95. The Kier molecular flexibility index (Phi) is 4.71. The number of hydrogen-bond acceptors (Lipinski definition) is 2. The first-order valence-corrected chi connectivity index (χ1v) is 7.06. The van der Waals surface area contributed by atoms with E-state index in [4.69, 9.17) is 0 Å². The molecule has 0 radical (unpaired) electrons. The summed E-state index contributed by atoms with van der Waals surface area (Å²) < 4.78 is 16.7. The van der Waals surface area contributed by atoms with Crippen LogP contribution in [-0.2, 0) is 13.1 Å². The Labute approximate surface area is 121 Å². The Bertz CT molecular complexity index is 566. The van der Waals surface area contributed by atoms with Crippen LogP contribution in [-0.4, -0.2) is 16.1 Å². The van der Waals surface area contributed by atoms with Crippen molar-refractivity contribution in [2.45, 2.75) is 26.9 Å². The lowest BCUT2D eigenvalue weighted by Crippen LogP contribution is -2.16. The van der Waals surface area contributed by atoms with Gasteiger partial charge in [-0.1, -0.05) is 28.9 Å². The van der Waals surface area contributed by atoms with Gasteiger partial charge in [0.25, 0.3) is 0 Å². The molecule has 0 saturated heterocycles. The molecule has 1 N–H and O–H groups in total. The molecule has 102 valence electrons. The van der Waals surface area contributed by atoms with Crippen molar-refractivity contribution in [1.29, 1.82) is 0 Å². The molecule has 0 aliphatic rings. The molecule has 1 aromatic carbocycles. The normalized spacial score (nSPS) is 10.9. The van der Waals surface area contributed by atoms with Crippen molar-refractivity contribution >= 4 is 15.9 Å². The van der Waals surface area contributed by atoms with Crippen molar-refractivity contribution in [3.63, 3.8) is 0 Å². The number of benzene rings is 1. The summed E-state index contributed by atoms with van der Waals surface area (Å²) in [6.45, 7) is 6.15. The number of imidazole rings is 1. The molecular formula is C14H17BrFN3. The van der Waals surface area contributed by atoms with E-state index in [0.29, 0.717) is 12.1 Å². The molecule has 0 fully saturated rings. The molecule has 3 nitrogen and oxygen atoms in total. The van der Waals surface area contributed by atoms with Crippen LogP contribution in [0.25, 0.3) is 0 Å². The van der Waals surface area contributed by atoms with E-state index < -0.39 is 0 Å². The molecule has 0 aliphatic carbocycles. The topological polar surface area (TPSA) is 29.9 Å². The van der Waals surface area contributed by atoms with Gasteiger partial charge in [0.1, 0.15) is 11.6 Å². The van der Waals surface area contributed by atoms with Gasteiger partial charge in [-0.2, -0.15) is 0 Å². The molecule has 1 aromatic heterocycles. The second-order valence-corrected chi connectivity index (χ2v) is 5.31. The summed E-state index contributed by atoms with van der Waals surface area (Å²) in [5, 5.41) is 3.27. The fraction of sp³-hybridized carbons (Fsp3) is 0.357. The van der Waals surface area contributed by atoms with Crippen molar-refractivity contribution in [2.24, 2.45) is 0 Å². The van der Waals surface area contributed by atoms with Crippen LogP contribution in [0.5, 0.6) is 0 Å². The smallest absolute Gasteiger partial charge is 0.129 e. The van der Waals surface area contributed by atoms with E-state index in [1.165, 1.54) is 6.07 Å². The lowest BCUT2D eigenvalue weighted by Gasteiger charge is -2.11. The van der Waals surface area contributed by atoms with Gasteiger partial charge >= 0.3 is 0 Å². The van der Waals surface area contributed by atoms with Crippen molar-refractivity contribution in [3.8, 4) is 0 Å². The maximum Gasteiger partial charge on any atom is 0.129 e. The van der Waals surface area contributed by atoms with Gasteiger partial charge in [-0.15, -0.1) is 0 Å². The average molecular weight is 326 g/mol. The Morgan fingerprint density at radius 3 is 2.89 bits per heavy atom. The third-order valence-electron chi connectivity index (χ3n) is 3.04. The van der Waals surface area contributed by atoms with Crippen LogP contribution in [0.1, 0.15) is 24.0 Å². The van der Waals surface area contributed by atoms with Crippen LogP contribution in [0.4, 0.5) is 4.39 Å². The monoisotopic (exact) mass is 325 g/mol. The predicted octanol–water partition coefficient (Wildman–Crippen LogP) is 3.25. The van der Waals surface area contributed by atoms with Gasteiger partial charge in [0.2, 0.25) is 0 Å². The van der Waals surface area contributed by atoms with E-state index in [0.717, 1.165) is 29.1 Å². The summed E-state index contributed by atoms with van der Waals surface area (Å²) in [4.78, 5) is 4.30. The minimum Gasteiger partial charge on any atom is -0.326 e. The largest absolute Gasteiger partial charge is 0.326 e. The molecule has 5 heteroatoms. The highest BCUT2D eigenvalue weighted by Crippen LogP contribution is 2.17. The Hall–Kier alpha value is -1.20. The molecule has 0 bridgehead atoms. The van der Waals surface area contributed by atoms with E-state index in [1.807, 2.05) is 23.8 Å². The van der Waals surface area contributed by atoms with Crippen molar-refractivity contribution in [2.75, 3.05) is 6.54 Å². The second kappa shape index (κ2) is 6.30. The van der Waals surface area contributed by atoms with Crippen LogP contribution in [0.3, 0.4) is 0 Å². The highest BCUT2D eigenvalue weighted by atomic mass is 79.9.